The van der Waals surface area contributed by atoms with E-state index in [0.717, 1.165) is 0 Å². The highest BCUT2D eigenvalue weighted by Crippen LogP contribution is 2.04. The van der Waals surface area contributed by atoms with Gasteiger partial charge in [0.15, 0.2) is 5.78 Å². The van der Waals surface area contributed by atoms with Crippen molar-refractivity contribution in [1.82, 2.24) is 4.98 Å². The van der Waals surface area contributed by atoms with Gasteiger partial charge in [0.05, 0.1) is 11.3 Å². The van der Waals surface area contributed by atoms with Crippen LogP contribution in [0.5, 0.6) is 0 Å². The standard InChI is InChI=1S/C6H7NOS2/c1-9-3-6(8)5-2-10-4-7-5/h2,4H,3H2,1H3. The van der Waals surface area contributed by atoms with Gasteiger partial charge in [-0.05, 0) is 6.26 Å². The molecule has 0 fully saturated rings. The quantitative estimate of drug-likeness (QED) is 0.651. The van der Waals surface area contributed by atoms with Gasteiger partial charge in [-0.1, -0.05) is 0 Å². The smallest absolute Gasteiger partial charge is 0.191 e. The molecule has 0 aliphatic rings. The molecule has 1 aromatic rings. The second-order valence-electron chi connectivity index (χ2n) is 1.73. The highest BCUT2D eigenvalue weighted by Gasteiger charge is 2.04. The molecule has 4 heteroatoms. The van der Waals surface area contributed by atoms with E-state index in [9.17, 15) is 4.79 Å². The number of nitrogens with zero attached hydrogens (tertiary/aromatic N) is 1. The summed E-state index contributed by atoms with van der Waals surface area (Å²) < 4.78 is 0. The molecule has 0 N–H and O–H groups in total. The van der Waals surface area contributed by atoms with E-state index in [4.69, 9.17) is 0 Å². The predicted octanol–water partition coefficient (Wildman–Crippen LogP) is 1.69. The number of thiazole rings is 1. The van der Waals surface area contributed by atoms with E-state index in [1.54, 1.807) is 10.9 Å². The van der Waals surface area contributed by atoms with Crippen molar-refractivity contribution in [1.29, 1.82) is 0 Å². The molecule has 10 heavy (non-hydrogen) atoms. The SMILES string of the molecule is CSCC(=O)c1cscn1. The summed E-state index contributed by atoms with van der Waals surface area (Å²) in [5, 5.41) is 1.78. The molecular formula is C6H7NOS2. The van der Waals surface area contributed by atoms with Gasteiger partial charge in [0.25, 0.3) is 0 Å². The molecule has 1 rings (SSSR count). The monoisotopic (exact) mass is 173 g/mol. The van der Waals surface area contributed by atoms with E-state index in [1.807, 2.05) is 6.26 Å². The topological polar surface area (TPSA) is 30.0 Å². The Morgan fingerprint density at radius 3 is 3.20 bits per heavy atom. The van der Waals surface area contributed by atoms with E-state index < -0.39 is 0 Å². The molecule has 0 saturated carbocycles. The zero-order chi connectivity index (χ0) is 7.40. The molecule has 54 valence electrons. The number of carbonyl (C=O) groups is 1. The lowest BCUT2D eigenvalue weighted by molar-refractivity contribution is 0.101. The molecule has 0 unspecified atom stereocenters. The van der Waals surface area contributed by atoms with Gasteiger partial charge in [0.1, 0.15) is 5.69 Å². The van der Waals surface area contributed by atoms with Crippen molar-refractivity contribution in [2.75, 3.05) is 12.0 Å². The maximum absolute atomic E-state index is 11.0. The number of ketones is 1. The minimum absolute atomic E-state index is 0.119. The second kappa shape index (κ2) is 3.73. The van der Waals surface area contributed by atoms with Crippen LogP contribution in [0.15, 0.2) is 10.9 Å². The summed E-state index contributed by atoms with van der Waals surface area (Å²) in [5.41, 5.74) is 2.27. The Hall–Kier alpha value is -0.350. The average Bonchev–Trinajstić information content (AvgIpc) is 2.38. The van der Waals surface area contributed by atoms with E-state index in [0.29, 0.717) is 11.4 Å². The molecule has 0 radical (unpaired) electrons. The normalized spacial score (nSPS) is 9.70. The lowest BCUT2D eigenvalue weighted by Gasteiger charge is -1.89. The number of rotatable bonds is 3. The van der Waals surface area contributed by atoms with Crippen LogP contribution in [-0.2, 0) is 0 Å². The molecule has 0 saturated heterocycles. The van der Waals surface area contributed by atoms with Gasteiger partial charge in [-0.3, -0.25) is 4.79 Å². The number of hydrogen-bond acceptors (Lipinski definition) is 4. The minimum Gasteiger partial charge on any atom is -0.291 e. The molecule has 0 aliphatic carbocycles. The Kier molecular flexibility index (Phi) is 2.89. The van der Waals surface area contributed by atoms with Gasteiger partial charge >= 0.3 is 0 Å². The number of thioether (sulfide) groups is 1. The fourth-order valence-corrected chi connectivity index (χ4v) is 1.52. The van der Waals surface area contributed by atoms with Gasteiger partial charge in [0.2, 0.25) is 0 Å². The lowest BCUT2D eigenvalue weighted by Crippen LogP contribution is -2.01. The molecule has 1 aromatic heterocycles. The van der Waals surface area contributed by atoms with Crippen molar-refractivity contribution >= 4 is 28.9 Å². The van der Waals surface area contributed by atoms with Gasteiger partial charge < -0.3 is 0 Å². The van der Waals surface area contributed by atoms with Crippen molar-refractivity contribution in [3.63, 3.8) is 0 Å². The Morgan fingerprint density at radius 2 is 2.70 bits per heavy atom. The van der Waals surface area contributed by atoms with Crippen LogP contribution in [0.2, 0.25) is 0 Å². The molecule has 0 bridgehead atoms. The number of hydrogen-bond donors (Lipinski definition) is 0. The Balaban J connectivity index is 2.59. The lowest BCUT2D eigenvalue weighted by atomic mass is 10.4. The first kappa shape index (κ1) is 7.75. The molecule has 0 spiro atoms. The van der Waals surface area contributed by atoms with E-state index >= 15 is 0 Å². The summed E-state index contributed by atoms with van der Waals surface area (Å²) in [7, 11) is 0. The number of Topliss-reactive ketones (excluding diaryl/α,β-unsaturated/α-hetero) is 1. The third kappa shape index (κ3) is 1.82. The highest BCUT2D eigenvalue weighted by atomic mass is 32.2. The zero-order valence-electron chi connectivity index (χ0n) is 5.53. The van der Waals surface area contributed by atoms with Crippen LogP contribution < -0.4 is 0 Å². The molecule has 1 heterocycles. The first-order valence-electron chi connectivity index (χ1n) is 2.75. The second-order valence-corrected chi connectivity index (χ2v) is 3.31. The maximum Gasteiger partial charge on any atom is 0.191 e. The van der Waals surface area contributed by atoms with Crippen LogP contribution in [0.3, 0.4) is 0 Å². The van der Waals surface area contributed by atoms with Crippen LogP contribution in [0.1, 0.15) is 10.5 Å². The summed E-state index contributed by atoms with van der Waals surface area (Å²) in [6, 6.07) is 0. The molecular weight excluding hydrogens is 166 g/mol. The van der Waals surface area contributed by atoms with Gasteiger partial charge in [0, 0.05) is 5.38 Å². The molecule has 2 nitrogen and oxygen atoms in total. The van der Waals surface area contributed by atoms with Crippen LogP contribution in [0.4, 0.5) is 0 Å². The summed E-state index contributed by atoms with van der Waals surface area (Å²) in [6.45, 7) is 0. The molecule has 0 aromatic carbocycles. The maximum atomic E-state index is 11.0. The minimum atomic E-state index is 0.119. The van der Waals surface area contributed by atoms with Crippen molar-refractivity contribution in [2.24, 2.45) is 0 Å². The van der Waals surface area contributed by atoms with Gasteiger partial charge in [-0.2, -0.15) is 11.8 Å². The zero-order valence-corrected chi connectivity index (χ0v) is 7.17. The van der Waals surface area contributed by atoms with Crippen LogP contribution in [0.25, 0.3) is 0 Å². The molecule has 0 aliphatic heterocycles. The summed E-state index contributed by atoms with van der Waals surface area (Å²) in [6.07, 6.45) is 1.91. The van der Waals surface area contributed by atoms with Crippen molar-refractivity contribution < 1.29 is 4.79 Å². The van der Waals surface area contributed by atoms with Crippen molar-refractivity contribution in [3.8, 4) is 0 Å². The third-order valence-corrected chi connectivity index (χ3v) is 2.13. The van der Waals surface area contributed by atoms with E-state index in [2.05, 4.69) is 4.98 Å². The summed E-state index contributed by atoms with van der Waals surface area (Å²) >= 11 is 2.98. The van der Waals surface area contributed by atoms with Gasteiger partial charge in [-0.15, -0.1) is 11.3 Å². The van der Waals surface area contributed by atoms with E-state index in [-0.39, 0.29) is 5.78 Å². The van der Waals surface area contributed by atoms with Crippen LogP contribution in [0, 0.1) is 0 Å². The first-order chi connectivity index (χ1) is 4.84. The fourth-order valence-electron chi connectivity index (χ4n) is 0.555. The van der Waals surface area contributed by atoms with E-state index in [1.165, 1.54) is 23.1 Å². The predicted molar refractivity (Wildman–Crippen MR) is 44.8 cm³/mol. The van der Waals surface area contributed by atoms with Crippen molar-refractivity contribution in [2.45, 2.75) is 0 Å². The van der Waals surface area contributed by atoms with Crippen LogP contribution in [-0.4, -0.2) is 22.8 Å². The molecule has 0 atom stereocenters. The summed E-state index contributed by atoms with van der Waals surface area (Å²) in [5.74, 6) is 0.651. The number of carbonyl (C=O) groups excluding carboxylic acids is 1. The third-order valence-electron chi connectivity index (χ3n) is 0.993. The Bertz CT molecular complexity index is 208. The van der Waals surface area contributed by atoms with Crippen molar-refractivity contribution in [3.05, 3.63) is 16.6 Å². The number of aromatic nitrogens is 1. The fraction of sp³-hybridized carbons (Fsp3) is 0.333. The van der Waals surface area contributed by atoms with Crippen LogP contribution >= 0.6 is 23.1 Å². The Labute approximate surface area is 67.7 Å². The van der Waals surface area contributed by atoms with Gasteiger partial charge in [-0.25, -0.2) is 4.98 Å². The summed E-state index contributed by atoms with van der Waals surface area (Å²) in [4.78, 5) is 14.9. The average molecular weight is 173 g/mol. The first-order valence-corrected chi connectivity index (χ1v) is 5.08. The largest absolute Gasteiger partial charge is 0.291 e. The Morgan fingerprint density at radius 1 is 1.90 bits per heavy atom. The highest BCUT2D eigenvalue weighted by molar-refractivity contribution is 7.99. The molecule has 0 amide bonds.